The van der Waals surface area contributed by atoms with Crippen LogP contribution >= 0.6 is 28.3 Å². The minimum absolute atomic E-state index is 0. The summed E-state index contributed by atoms with van der Waals surface area (Å²) < 4.78 is 10.5. The number of methoxy groups -OCH3 is 2. The molecule has 0 aromatic heterocycles. The first-order chi connectivity index (χ1) is 7.58. The Morgan fingerprint density at radius 3 is 2.59 bits per heavy atom. The van der Waals surface area contributed by atoms with E-state index in [1.165, 1.54) is 7.11 Å². The number of carbonyl (C=O) groups excluding carboxylic acids is 1. The number of nitrogens with two attached hydrogens (primary N) is 1. The molecule has 1 atom stereocenters. The highest BCUT2D eigenvalue weighted by molar-refractivity contribution is 9.10. The van der Waals surface area contributed by atoms with Gasteiger partial charge in [-0.3, -0.25) is 4.79 Å². The molecule has 0 saturated carbocycles. The first-order valence-corrected chi connectivity index (χ1v) is 5.53. The predicted octanol–water partition coefficient (Wildman–Crippen LogP) is 2.44. The number of halogens is 2. The maximum Gasteiger partial charge on any atom is 0.307 e. The summed E-state index contributed by atoms with van der Waals surface area (Å²) in [5.74, 6) is 0.411. The van der Waals surface area contributed by atoms with E-state index in [1.54, 1.807) is 13.2 Å². The first-order valence-electron chi connectivity index (χ1n) is 4.74. The maximum atomic E-state index is 11.1. The fourth-order valence-corrected chi connectivity index (χ4v) is 1.85. The highest BCUT2D eigenvalue weighted by Gasteiger charge is 2.13. The number of esters is 1. The largest absolute Gasteiger partial charge is 0.496 e. The molecule has 0 aliphatic carbocycles. The minimum atomic E-state index is -0.366. The molecule has 0 amide bonds. The molecule has 0 aliphatic rings. The van der Waals surface area contributed by atoms with Crippen molar-refractivity contribution in [3.63, 3.8) is 0 Å². The van der Waals surface area contributed by atoms with Gasteiger partial charge in [0.2, 0.25) is 0 Å². The Morgan fingerprint density at radius 2 is 2.12 bits per heavy atom. The third-order valence-corrected chi connectivity index (χ3v) is 2.84. The van der Waals surface area contributed by atoms with Crippen LogP contribution < -0.4 is 10.5 Å². The lowest BCUT2D eigenvalue weighted by Gasteiger charge is -2.12. The van der Waals surface area contributed by atoms with Crippen molar-refractivity contribution >= 4 is 34.3 Å². The third-order valence-electron chi connectivity index (χ3n) is 2.22. The van der Waals surface area contributed by atoms with E-state index in [1.807, 2.05) is 12.1 Å². The molecular weight excluding hydrogens is 309 g/mol. The predicted molar refractivity (Wildman–Crippen MR) is 71.5 cm³/mol. The second kappa shape index (κ2) is 7.53. The van der Waals surface area contributed by atoms with Gasteiger partial charge >= 0.3 is 5.97 Å². The summed E-state index contributed by atoms with van der Waals surface area (Å²) in [6.07, 6.45) is 0.162. The van der Waals surface area contributed by atoms with Crippen molar-refractivity contribution in [3.8, 4) is 5.75 Å². The van der Waals surface area contributed by atoms with E-state index in [0.717, 1.165) is 15.8 Å². The van der Waals surface area contributed by atoms with Crippen LogP contribution in [0.1, 0.15) is 18.0 Å². The van der Waals surface area contributed by atoms with Gasteiger partial charge in [0.15, 0.2) is 0 Å². The summed E-state index contributed by atoms with van der Waals surface area (Å²) in [5, 5.41) is 0. The topological polar surface area (TPSA) is 61.5 Å². The summed E-state index contributed by atoms with van der Waals surface area (Å²) in [6, 6.07) is 5.11. The highest BCUT2D eigenvalue weighted by Crippen LogP contribution is 2.28. The van der Waals surface area contributed by atoms with Crippen LogP contribution in [0.5, 0.6) is 5.75 Å². The molecule has 0 radical (unpaired) electrons. The quantitative estimate of drug-likeness (QED) is 0.864. The van der Waals surface area contributed by atoms with Gasteiger partial charge in [0.05, 0.1) is 25.1 Å². The summed E-state index contributed by atoms with van der Waals surface area (Å²) >= 11 is 3.36. The number of hydrogen-bond donors (Lipinski definition) is 1. The Hall–Kier alpha value is -0.780. The van der Waals surface area contributed by atoms with Crippen LogP contribution in [0.25, 0.3) is 0 Å². The summed E-state index contributed by atoms with van der Waals surface area (Å²) in [7, 11) is 2.94. The van der Waals surface area contributed by atoms with Crippen LogP contribution in [-0.4, -0.2) is 20.2 Å². The van der Waals surface area contributed by atoms with Crippen LogP contribution in [0.4, 0.5) is 0 Å². The zero-order valence-electron chi connectivity index (χ0n) is 9.60. The van der Waals surface area contributed by atoms with E-state index in [9.17, 15) is 4.79 Å². The van der Waals surface area contributed by atoms with Crippen molar-refractivity contribution in [1.82, 2.24) is 0 Å². The number of rotatable bonds is 4. The van der Waals surface area contributed by atoms with Crippen molar-refractivity contribution in [2.75, 3.05) is 14.2 Å². The van der Waals surface area contributed by atoms with Crippen molar-refractivity contribution in [2.24, 2.45) is 5.73 Å². The lowest BCUT2D eigenvalue weighted by atomic mass is 10.0. The van der Waals surface area contributed by atoms with E-state index in [-0.39, 0.29) is 30.8 Å². The fourth-order valence-electron chi connectivity index (χ4n) is 1.29. The molecule has 1 rings (SSSR count). The van der Waals surface area contributed by atoms with Crippen molar-refractivity contribution < 1.29 is 14.3 Å². The maximum absolute atomic E-state index is 11.1. The van der Waals surface area contributed by atoms with Gasteiger partial charge in [0.25, 0.3) is 0 Å². The molecule has 0 fully saturated rings. The molecule has 0 spiro atoms. The monoisotopic (exact) mass is 323 g/mol. The second-order valence-corrected chi connectivity index (χ2v) is 4.14. The Labute approximate surface area is 115 Å². The van der Waals surface area contributed by atoms with E-state index in [2.05, 4.69) is 20.7 Å². The first kappa shape index (κ1) is 16.2. The van der Waals surface area contributed by atoms with Gasteiger partial charge in [-0.25, -0.2) is 0 Å². The molecule has 1 aromatic carbocycles. The van der Waals surface area contributed by atoms with Gasteiger partial charge in [-0.2, -0.15) is 0 Å². The Bertz CT molecular complexity index is 387. The van der Waals surface area contributed by atoms with Crippen molar-refractivity contribution in [2.45, 2.75) is 12.5 Å². The van der Waals surface area contributed by atoms with E-state index in [4.69, 9.17) is 10.5 Å². The fraction of sp³-hybridized carbons (Fsp3) is 0.364. The standard InChI is InChI=1S/C11H14BrNO3.ClH/c1-15-10-4-3-7(5-8(10)12)9(13)6-11(14)16-2;/h3-5,9H,6,13H2,1-2H3;1H/t9-;/m1./s1. The zero-order chi connectivity index (χ0) is 12.1. The normalized spacial score (nSPS) is 11.3. The molecule has 0 heterocycles. The summed E-state index contributed by atoms with van der Waals surface area (Å²) in [4.78, 5) is 11.1. The molecule has 0 bridgehead atoms. The van der Waals surface area contributed by atoms with E-state index in [0.29, 0.717) is 0 Å². The van der Waals surface area contributed by atoms with Crippen LogP contribution in [0, 0.1) is 0 Å². The minimum Gasteiger partial charge on any atom is -0.496 e. The van der Waals surface area contributed by atoms with Crippen LogP contribution in [0.15, 0.2) is 22.7 Å². The van der Waals surface area contributed by atoms with Gasteiger partial charge in [0.1, 0.15) is 5.75 Å². The van der Waals surface area contributed by atoms with Crippen molar-refractivity contribution in [3.05, 3.63) is 28.2 Å². The summed E-state index contributed by atoms with van der Waals surface area (Å²) in [6.45, 7) is 0. The average Bonchev–Trinajstić information content (AvgIpc) is 2.28. The third kappa shape index (κ3) is 4.53. The molecule has 0 unspecified atom stereocenters. The molecule has 1 aromatic rings. The molecule has 96 valence electrons. The SMILES string of the molecule is COC(=O)C[C@@H](N)c1ccc(OC)c(Br)c1.Cl. The van der Waals surface area contributed by atoms with Crippen molar-refractivity contribution in [1.29, 1.82) is 0 Å². The van der Waals surface area contributed by atoms with E-state index >= 15 is 0 Å². The average molecular weight is 325 g/mol. The summed E-state index contributed by atoms with van der Waals surface area (Å²) in [5.41, 5.74) is 6.73. The van der Waals surface area contributed by atoms with Gasteiger partial charge in [0, 0.05) is 6.04 Å². The lowest BCUT2D eigenvalue weighted by Crippen LogP contribution is -2.16. The zero-order valence-corrected chi connectivity index (χ0v) is 12.0. The molecule has 4 nitrogen and oxygen atoms in total. The van der Waals surface area contributed by atoms with E-state index < -0.39 is 0 Å². The van der Waals surface area contributed by atoms with Gasteiger partial charge in [-0.05, 0) is 33.6 Å². The van der Waals surface area contributed by atoms with Crippen LogP contribution in [-0.2, 0) is 9.53 Å². The second-order valence-electron chi connectivity index (χ2n) is 3.28. The molecular formula is C11H15BrClNO3. The Morgan fingerprint density at radius 1 is 1.47 bits per heavy atom. The lowest BCUT2D eigenvalue weighted by molar-refractivity contribution is -0.141. The van der Waals surface area contributed by atoms with Gasteiger partial charge < -0.3 is 15.2 Å². The molecule has 17 heavy (non-hydrogen) atoms. The van der Waals surface area contributed by atoms with Crippen LogP contribution in [0.2, 0.25) is 0 Å². The number of benzene rings is 1. The Kier molecular flexibility index (Phi) is 7.18. The highest BCUT2D eigenvalue weighted by atomic mass is 79.9. The number of hydrogen-bond acceptors (Lipinski definition) is 4. The number of carbonyl (C=O) groups is 1. The smallest absolute Gasteiger partial charge is 0.307 e. The van der Waals surface area contributed by atoms with Crippen LogP contribution in [0.3, 0.4) is 0 Å². The van der Waals surface area contributed by atoms with Gasteiger partial charge in [-0.1, -0.05) is 6.07 Å². The molecule has 2 N–H and O–H groups in total. The Balaban J connectivity index is 0.00000256. The van der Waals surface area contributed by atoms with Gasteiger partial charge in [-0.15, -0.1) is 12.4 Å². The molecule has 0 aliphatic heterocycles. The molecule has 0 saturated heterocycles. The number of ether oxygens (including phenoxy) is 2. The molecule has 6 heteroatoms.